The molecule has 6 nitrogen and oxygen atoms in total. The maximum absolute atomic E-state index is 11.6. The molecule has 17 heavy (non-hydrogen) atoms. The van der Waals surface area contributed by atoms with E-state index in [1.165, 1.54) is 10.9 Å². The van der Waals surface area contributed by atoms with E-state index in [1.54, 1.807) is 6.20 Å². The zero-order valence-electron chi connectivity index (χ0n) is 9.93. The van der Waals surface area contributed by atoms with Crippen molar-refractivity contribution in [3.63, 3.8) is 0 Å². The van der Waals surface area contributed by atoms with Crippen molar-refractivity contribution in [2.75, 3.05) is 18.9 Å². The van der Waals surface area contributed by atoms with Crippen molar-refractivity contribution in [1.29, 1.82) is 0 Å². The van der Waals surface area contributed by atoms with Gasteiger partial charge in [0.15, 0.2) is 0 Å². The summed E-state index contributed by atoms with van der Waals surface area (Å²) in [5.74, 6) is 0.369. The summed E-state index contributed by atoms with van der Waals surface area (Å²) in [6.45, 7) is 3.70. The Morgan fingerprint density at radius 3 is 3.18 bits per heavy atom. The minimum absolute atomic E-state index is 0.0489. The van der Waals surface area contributed by atoms with E-state index in [1.807, 2.05) is 6.92 Å². The second-order valence-electron chi connectivity index (χ2n) is 4.40. The van der Waals surface area contributed by atoms with Gasteiger partial charge in [0.25, 0.3) is 0 Å². The van der Waals surface area contributed by atoms with Crippen LogP contribution in [-0.4, -0.2) is 34.9 Å². The summed E-state index contributed by atoms with van der Waals surface area (Å²) >= 11 is 0. The molecule has 0 aliphatic carbocycles. The molecule has 1 amide bonds. The van der Waals surface area contributed by atoms with E-state index in [2.05, 4.69) is 10.4 Å². The number of nitrogens with zero attached hydrogens (tertiary/aromatic N) is 2. The van der Waals surface area contributed by atoms with Gasteiger partial charge in [0, 0.05) is 25.3 Å². The molecule has 94 valence electrons. The number of nitrogens with one attached hydrogen (secondary N) is 1. The van der Waals surface area contributed by atoms with Crippen molar-refractivity contribution in [3.8, 4) is 0 Å². The molecule has 1 aliphatic heterocycles. The minimum atomic E-state index is -0.0489. The van der Waals surface area contributed by atoms with Crippen LogP contribution in [0.15, 0.2) is 12.4 Å². The van der Waals surface area contributed by atoms with Crippen molar-refractivity contribution in [1.82, 2.24) is 15.1 Å². The molecule has 0 radical (unpaired) electrons. The Morgan fingerprint density at radius 2 is 2.59 bits per heavy atom. The predicted molar refractivity (Wildman–Crippen MR) is 63.2 cm³/mol. The number of amides is 1. The molecule has 0 aromatic carbocycles. The third-order valence-corrected chi connectivity index (χ3v) is 3.05. The van der Waals surface area contributed by atoms with Crippen LogP contribution in [0.4, 0.5) is 5.69 Å². The molecule has 2 rings (SSSR count). The molecule has 1 aromatic rings. The summed E-state index contributed by atoms with van der Waals surface area (Å²) in [5.41, 5.74) is 6.08. The summed E-state index contributed by atoms with van der Waals surface area (Å²) in [4.78, 5) is 11.6. The van der Waals surface area contributed by atoms with E-state index in [9.17, 15) is 4.79 Å². The van der Waals surface area contributed by atoms with Gasteiger partial charge in [0.2, 0.25) is 5.91 Å². The summed E-state index contributed by atoms with van der Waals surface area (Å²) in [7, 11) is 0. The number of hydrogen-bond acceptors (Lipinski definition) is 4. The van der Waals surface area contributed by atoms with Crippen LogP contribution in [0.2, 0.25) is 0 Å². The van der Waals surface area contributed by atoms with E-state index in [4.69, 9.17) is 10.5 Å². The Labute approximate surface area is 100 Å². The molecule has 1 saturated heterocycles. The number of carbonyl (C=O) groups excluding carboxylic acids is 1. The van der Waals surface area contributed by atoms with Crippen LogP contribution in [0.25, 0.3) is 0 Å². The van der Waals surface area contributed by atoms with Gasteiger partial charge < -0.3 is 15.8 Å². The smallest absolute Gasteiger partial charge is 0.241 e. The van der Waals surface area contributed by atoms with Gasteiger partial charge in [-0.1, -0.05) is 0 Å². The van der Waals surface area contributed by atoms with Gasteiger partial charge in [-0.05, 0) is 13.3 Å². The third-order valence-electron chi connectivity index (χ3n) is 3.05. The van der Waals surface area contributed by atoms with Gasteiger partial charge in [-0.25, -0.2) is 0 Å². The minimum Gasteiger partial charge on any atom is -0.396 e. The van der Waals surface area contributed by atoms with Gasteiger partial charge in [-0.15, -0.1) is 0 Å². The van der Waals surface area contributed by atoms with E-state index >= 15 is 0 Å². The van der Waals surface area contributed by atoms with Gasteiger partial charge >= 0.3 is 0 Å². The van der Waals surface area contributed by atoms with Gasteiger partial charge in [-0.2, -0.15) is 5.10 Å². The Hall–Kier alpha value is -1.56. The summed E-state index contributed by atoms with van der Waals surface area (Å²) in [6, 6.07) is 0. The van der Waals surface area contributed by atoms with E-state index in [0.717, 1.165) is 13.0 Å². The molecule has 3 N–H and O–H groups in total. The highest BCUT2D eigenvalue weighted by molar-refractivity contribution is 5.75. The summed E-state index contributed by atoms with van der Waals surface area (Å²) in [5, 5.41) is 6.85. The first kappa shape index (κ1) is 11.9. The maximum Gasteiger partial charge on any atom is 0.241 e. The number of hydrogen-bond donors (Lipinski definition) is 2. The quantitative estimate of drug-likeness (QED) is 0.774. The van der Waals surface area contributed by atoms with E-state index in [0.29, 0.717) is 18.2 Å². The molecule has 1 aromatic heterocycles. The highest BCUT2D eigenvalue weighted by atomic mass is 16.5. The molecule has 1 fully saturated rings. The lowest BCUT2D eigenvalue weighted by Gasteiger charge is -2.14. The first-order chi connectivity index (χ1) is 8.15. The third kappa shape index (κ3) is 3.20. The Kier molecular flexibility index (Phi) is 3.63. The number of nitrogen functional groups attached to an aromatic ring is 1. The first-order valence-corrected chi connectivity index (χ1v) is 5.81. The molecule has 2 atom stereocenters. The van der Waals surface area contributed by atoms with Crippen LogP contribution in [0.1, 0.15) is 13.3 Å². The monoisotopic (exact) mass is 238 g/mol. The molecule has 0 saturated carbocycles. The lowest BCUT2D eigenvalue weighted by Crippen LogP contribution is -2.34. The van der Waals surface area contributed by atoms with Gasteiger partial charge in [-0.3, -0.25) is 9.48 Å². The first-order valence-electron chi connectivity index (χ1n) is 5.81. The van der Waals surface area contributed by atoms with E-state index in [-0.39, 0.29) is 18.6 Å². The summed E-state index contributed by atoms with van der Waals surface area (Å²) in [6.07, 6.45) is 4.41. The normalized spacial score (nSPS) is 23.8. The Balaban J connectivity index is 1.74. The molecular formula is C11H18N4O2. The number of aromatic nitrogens is 2. The van der Waals surface area contributed by atoms with Gasteiger partial charge in [0.05, 0.1) is 18.0 Å². The van der Waals surface area contributed by atoms with Crippen LogP contribution in [0.3, 0.4) is 0 Å². The second-order valence-corrected chi connectivity index (χ2v) is 4.40. The zero-order chi connectivity index (χ0) is 12.3. The molecule has 0 spiro atoms. The predicted octanol–water partition coefficient (Wildman–Crippen LogP) is 0.00650. The van der Waals surface area contributed by atoms with Crippen molar-refractivity contribution < 1.29 is 9.53 Å². The zero-order valence-corrected chi connectivity index (χ0v) is 9.93. The number of anilines is 1. The van der Waals surface area contributed by atoms with Crippen molar-refractivity contribution in [2.24, 2.45) is 5.92 Å². The molecule has 1 aliphatic rings. The lowest BCUT2D eigenvalue weighted by molar-refractivity contribution is -0.122. The average molecular weight is 238 g/mol. The molecule has 2 heterocycles. The fourth-order valence-electron chi connectivity index (χ4n) is 1.96. The van der Waals surface area contributed by atoms with Crippen molar-refractivity contribution >= 4 is 11.6 Å². The van der Waals surface area contributed by atoms with Crippen molar-refractivity contribution in [2.45, 2.75) is 26.0 Å². The highest BCUT2D eigenvalue weighted by Gasteiger charge is 2.24. The number of carbonyl (C=O) groups is 1. The van der Waals surface area contributed by atoms with E-state index < -0.39 is 0 Å². The number of ether oxygens (including phenoxy) is 1. The molecule has 0 bridgehead atoms. The Bertz CT molecular complexity index is 391. The maximum atomic E-state index is 11.6. The van der Waals surface area contributed by atoms with Crippen LogP contribution in [-0.2, 0) is 16.1 Å². The fourth-order valence-corrected chi connectivity index (χ4v) is 1.96. The molecular weight excluding hydrogens is 220 g/mol. The van der Waals surface area contributed by atoms with Crippen LogP contribution >= 0.6 is 0 Å². The fraction of sp³-hybridized carbons (Fsp3) is 0.636. The van der Waals surface area contributed by atoms with Crippen LogP contribution < -0.4 is 11.1 Å². The summed E-state index contributed by atoms with van der Waals surface area (Å²) < 4.78 is 6.96. The van der Waals surface area contributed by atoms with Crippen LogP contribution in [0.5, 0.6) is 0 Å². The SMILES string of the molecule is CC1OCCC1CNC(=O)Cn1cc(N)cn1. The second kappa shape index (κ2) is 5.18. The standard InChI is InChI=1S/C11H18N4O2/c1-8-9(2-3-17-8)4-13-11(16)7-15-6-10(12)5-14-15/h5-6,8-9H,2-4,7,12H2,1H3,(H,13,16). The lowest BCUT2D eigenvalue weighted by atomic mass is 10.0. The molecule has 6 heteroatoms. The largest absolute Gasteiger partial charge is 0.396 e. The molecule has 2 unspecified atom stereocenters. The average Bonchev–Trinajstić information content (AvgIpc) is 2.85. The highest BCUT2D eigenvalue weighted by Crippen LogP contribution is 2.19. The number of nitrogens with two attached hydrogens (primary N) is 1. The topological polar surface area (TPSA) is 82.2 Å². The van der Waals surface area contributed by atoms with Crippen molar-refractivity contribution in [3.05, 3.63) is 12.4 Å². The van der Waals surface area contributed by atoms with Crippen LogP contribution in [0, 0.1) is 5.92 Å². The van der Waals surface area contributed by atoms with Gasteiger partial charge in [0.1, 0.15) is 6.54 Å². The Morgan fingerprint density at radius 1 is 1.76 bits per heavy atom. The number of rotatable bonds is 4.